The number of rotatable bonds is 6. The van der Waals surface area contributed by atoms with E-state index in [1.807, 2.05) is 65.0 Å². The molecule has 4 aromatic rings. The second-order valence-corrected chi connectivity index (χ2v) is 11.5. The average Bonchev–Trinajstić information content (AvgIpc) is 3.44. The van der Waals surface area contributed by atoms with Gasteiger partial charge in [-0.05, 0) is 50.6 Å². The predicted octanol–water partition coefficient (Wildman–Crippen LogP) is 5.24. The number of aromatic nitrogens is 4. The van der Waals surface area contributed by atoms with Gasteiger partial charge in [0.2, 0.25) is 0 Å². The molecular weight excluding hydrogens is 574 g/mol. The Labute approximate surface area is 262 Å². The lowest BCUT2D eigenvalue weighted by molar-refractivity contribution is 0.0496. The van der Waals surface area contributed by atoms with Gasteiger partial charge in [-0.1, -0.05) is 26.0 Å². The Kier molecular flexibility index (Phi) is 9.67. The van der Waals surface area contributed by atoms with E-state index >= 15 is 0 Å². The lowest BCUT2D eigenvalue weighted by Gasteiger charge is -2.41. The average molecular weight is 616 g/mol. The first-order valence-electron chi connectivity index (χ1n) is 15.3. The van der Waals surface area contributed by atoms with E-state index < -0.39 is 17.7 Å². The maximum atomic E-state index is 12.7. The molecule has 0 unspecified atom stereocenters. The van der Waals surface area contributed by atoms with E-state index in [0.29, 0.717) is 37.8 Å². The van der Waals surface area contributed by atoms with Gasteiger partial charge in [0.05, 0.1) is 24.6 Å². The van der Waals surface area contributed by atoms with Gasteiger partial charge in [-0.2, -0.15) is 0 Å². The number of morpholine rings is 1. The molecule has 0 bridgehead atoms. The Balaban J connectivity index is 0.00000196. The SMILES string of the molecule is CC.CC(C)(C)OC(=O)NC1CN(c2ccnc(NC(=O)Nc3ccc(-c4cc5c(N6CCOCC6)ncnc5[nH]4)cc3)c2)C1. The number of hydrogen-bond acceptors (Lipinski definition) is 9. The quantitative estimate of drug-likeness (QED) is 0.228. The highest BCUT2D eigenvalue weighted by atomic mass is 16.6. The molecule has 2 aliphatic heterocycles. The number of fused-ring (bicyclic) bond motifs is 1. The first-order chi connectivity index (χ1) is 21.7. The van der Waals surface area contributed by atoms with Crippen molar-refractivity contribution in [3.8, 4) is 11.3 Å². The largest absolute Gasteiger partial charge is 0.444 e. The first-order valence-corrected chi connectivity index (χ1v) is 15.3. The lowest BCUT2D eigenvalue weighted by Crippen LogP contribution is -2.60. The Bertz CT molecular complexity index is 1610. The molecule has 0 aliphatic carbocycles. The summed E-state index contributed by atoms with van der Waals surface area (Å²) in [5.74, 6) is 1.32. The number of alkyl carbamates (subject to hydrolysis) is 1. The Morgan fingerprint density at radius 2 is 1.69 bits per heavy atom. The van der Waals surface area contributed by atoms with Crippen molar-refractivity contribution < 1.29 is 19.1 Å². The summed E-state index contributed by atoms with van der Waals surface area (Å²) in [5.41, 5.74) is 3.65. The van der Waals surface area contributed by atoms with Crippen molar-refractivity contribution in [2.75, 3.05) is 59.8 Å². The minimum absolute atomic E-state index is 0.00481. The van der Waals surface area contributed by atoms with E-state index in [1.54, 1.807) is 18.6 Å². The summed E-state index contributed by atoms with van der Waals surface area (Å²) < 4.78 is 10.8. The number of H-pyrrole nitrogens is 1. The molecule has 13 nitrogen and oxygen atoms in total. The van der Waals surface area contributed by atoms with Crippen LogP contribution in [-0.2, 0) is 9.47 Å². The fourth-order valence-electron chi connectivity index (χ4n) is 5.06. The van der Waals surface area contributed by atoms with Crippen molar-refractivity contribution in [2.45, 2.75) is 46.3 Å². The van der Waals surface area contributed by atoms with Crippen LogP contribution in [0.5, 0.6) is 0 Å². The van der Waals surface area contributed by atoms with Crippen LogP contribution in [0.25, 0.3) is 22.3 Å². The molecule has 2 aliphatic rings. The van der Waals surface area contributed by atoms with Crippen LogP contribution in [0.15, 0.2) is 55.0 Å². The summed E-state index contributed by atoms with van der Waals surface area (Å²) in [6, 6.07) is 12.9. The van der Waals surface area contributed by atoms with Gasteiger partial charge >= 0.3 is 12.1 Å². The van der Waals surface area contributed by atoms with Crippen LogP contribution in [0, 0.1) is 0 Å². The van der Waals surface area contributed by atoms with Gasteiger partial charge in [-0.15, -0.1) is 0 Å². The van der Waals surface area contributed by atoms with Crippen LogP contribution in [-0.4, -0.2) is 83.1 Å². The minimum atomic E-state index is -0.539. The number of nitrogens with zero attached hydrogens (tertiary/aromatic N) is 5. The number of ether oxygens (including phenoxy) is 2. The molecule has 1 aromatic carbocycles. The third-order valence-electron chi connectivity index (χ3n) is 7.12. The van der Waals surface area contributed by atoms with E-state index in [2.05, 4.69) is 51.8 Å². The molecule has 5 heterocycles. The maximum absolute atomic E-state index is 12.7. The van der Waals surface area contributed by atoms with E-state index in [1.165, 1.54) is 0 Å². The third-order valence-corrected chi connectivity index (χ3v) is 7.12. The van der Waals surface area contributed by atoms with E-state index in [9.17, 15) is 9.59 Å². The zero-order chi connectivity index (χ0) is 32.0. The highest BCUT2D eigenvalue weighted by Gasteiger charge is 2.30. The summed E-state index contributed by atoms with van der Waals surface area (Å²) in [4.78, 5) is 45.6. The Morgan fingerprint density at radius 1 is 0.956 bits per heavy atom. The number of amides is 3. The van der Waals surface area contributed by atoms with Gasteiger partial charge in [-0.3, -0.25) is 5.32 Å². The molecule has 13 heteroatoms. The molecule has 0 spiro atoms. The number of anilines is 4. The van der Waals surface area contributed by atoms with Crippen molar-refractivity contribution in [3.05, 3.63) is 55.0 Å². The number of nitrogens with one attached hydrogen (secondary N) is 4. The molecule has 0 saturated carbocycles. The van der Waals surface area contributed by atoms with Crippen molar-refractivity contribution in [3.63, 3.8) is 0 Å². The second kappa shape index (κ2) is 13.8. The third kappa shape index (κ3) is 7.98. The molecule has 0 atom stereocenters. The van der Waals surface area contributed by atoms with Crippen LogP contribution in [0.1, 0.15) is 34.6 Å². The normalized spacial score (nSPS) is 15.0. The van der Waals surface area contributed by atoms with Gasteiger partial charge in [0, 0.05) is 55.5 Å². The summed E-state index contributed by atoms with van der Waals surface area (Å²) in [7, 11) is 0. The number of carbonyl (C=O) groups is 2. The summed E-state index contributed by atoms with van der Waals surface area (Å²) in [5, 5.41) is 9.48. The van der Waals surface area contributed by atoms with Crippen molar-refractivity contribution >= 4 is 46.2 Å². The molecule has 4 N–H and O–H groups in total. The molecule has 238 valence electrons. The van der Waals surface area contributed by atoms with Crippen LogP contribution < -0.4 is 25.8 Å². The van der Waals surface area contributed by atoms with Gasteiger partial charge in [0.25, 0.3) is 0 Å². The molecule has 2 saturated heterocycles. The highest BCUT2D eigenvalue weighted by molar-refractivity contribution is 5.99. The molecule has 2 fully saturated rings. The number of hydrogen-bond donors (Lipinski definition) is 4. The molecule has 3 amide bonds. The van der Waals surface area contributed by atoms with Crippen molar-refractivity contribution in [2.24, 2.45) is 0 Å². The smallest absolute Gasteiger partial charge is 0.407 e. The monoisotopic (exact) mass is 615 g/mol. The van der Waals surface area contributed by atoms with Crippen LogP contribution in [0.3, 0.4) is 0 Å². The molecule has 6 rings (SSSR count). The summed E-state index contributed by atoms with van der Waals surface area (Å²) >= 11 is 0. The summed E-state index contributed by atoms with van der Waals surface area (Å²) in [6.45, 7) is 13.7. The number of benzene rings is 1. The Hall–Kier alpha value is -4.91. The zero-order valence-electron chi connectivity index (χ0n) is 26.4. The molecule has 3 aromatic heterocycles. The van der Waals surface area contributed by atoms with E-state index in [-0.39, 0.29) is 6.04 Å². The van der Waals surface area contributed by atoms with Gasteiger partial charge in [-0.25, -0.2) is 24.5 Å². The molecular formula is C32H41N9O4. The minimum Gasteiger partial charge on any atom is -0.444 e. The molecule has 45 heavy (non-hydrogen) atoms. The molecule has 0 radical (unpaired) electrons. The summed E-state index contributed by atoms with van der Waals surface area (Å²) in [6.07, 6.45) is 2.80. The fourth-order valence-corrected chi connectivity index (χ4v) is 5.06. The number of pyridine rings is 1. The first kappa shape index (κ1) is 31.5. The van der Waals surface area contributed by atoms with E-state index in [4.69, 9.17) is 9.47 Å². The van der Waals surface area contributed by atoms with Gasteiger partial charge in [0.1, 0.15) is 29.2 Å². The standard InChI is InChI=1S/C30H35N9O4.C2H6/c1-30(2,3)43-29(41)35-21-16-39(17-21)22-8-9-31-25(14-22)37-28(40)34-20-6-4-19(5-7-20)24-15-23-26(36-24)32-18-33-27(23)38-10-12-42-13-11-38;1-2/h4-9,14-15,18,21H,10-13,16-17H2,1-3H3,(H,35,41)(H,32,33,36)(H2,31,34,37,40);1-2H3. The van der Waals surface area contributed by atoms with Crippen molar-refractivity contribution in [1.82, 2.24) is 25.3 Å². The van der Waals surface area contributed by atoms with Gasteiger partial charge in [0.15, 0.2) is 0 Å². The van der Waals surface area contributed by atoms with Gasteiger partial charge < -0.3 is 34.9 Å². The predicted molar refractivity (Wildman–Crippen MR) is 176 cm³/mol. The topological polar surface area (TPSA) is 150 Å². The zero-order valence-corrected chi connectivity index (χ0v) is 26.4. The number of carbonyl (C=O) groups excluding carboxylic acids is 2. The number of urea groups is 1. The number of aromatic amines is 1. The second-order valence-electron chi connectivity index (χ2n) is 11.5. The van der Waals surface area contributed by atoms with Crippen LogP contribution in [0.2, 0.25) is 0 Å². The van der Waals surface area contributed by atoms with E-state index in [0.717, 1.165) is 46.9 Å². The Morgan fingerprint density at radius 3 is 2.40 bits per heavy atom. The van der Waals surface area contributed by atoms with Crippen LogP contribution in [0.4, 0.5) is 32.6 Å². The highest BCUT2D eigenvalue weighted by Crippen LogP contribution is 2.30. The lowest BCUT2D eigenvalue weighted by atomic mass is 10.1. The fraction of sp³-hybridized carbons (Fsp3) is 0.406. The van der Waals surface area contributed by atoms with Crippen molar-refractivity contribution in [1.29, 1.82) is 0 Å². The maximum Gasteiger partial charge on any atom is 0.407 e. The van der Waals surface area contributed by atoms with Crippen LogP contribution >= 0.6 is 0 Å².